The van der Waals surface area contributed by atoms with E-state index in [1.165, 1.54) is 0 Å². The van der Waals surface area contributed by atoms with Crippen molar-refractivity contribution < 1.29 is 9.59 Å². The minimum absolute atomic E-state index is 0.0267. The Morgan fingerprint density at radius 1 is 1.27 bits per heavy atom. The lowest BCUT2D eigenvalue weighted by Crippen LogP contribution is -2.43. The maximum atomic E-state index is 12.8. The summed E-state index contributed by atoms with van der Waals surface area (Å²) >= 11 is 1.56. The molecule has 1 unspecified atom stereocenters. The van der Waals surface area contributed by atoms with Gasteiger partial charge in [-0.1, -0.05) is 12.1 Å². The van der Waals surface area contributed by atoms with Gasteiger partial charge in [0, 0.05) is 49.4 Å². The number of rotatable bonds is 6. The fourth-order valence-corrected chi connectivity index (χ4v) is 4.31. The lowest BCUT2D eigenvalue weighted by Gasteiger charge is -2.32. The van der Waals surface area contributed by atoms with Gasteiger partial charge < -0.3 is 10.2 Å². The van der Waals surface area contributed by atoms with Crippen LogP contribution in [0.15, 0.2) is 47.5 Å². The van der Waals surface area contributed by atoms with Crippen molar-refractivity contribution >= 4 is 28.8 Å². The second-order valence-electron chi connectivity index (χ2n) is 7.64. The molecule has 0 spiro atoms. The Labute approximate surface area is 179 Å². The first kappa shape index (κ1) is 20.3. The zero-order chi connectivity index (χ0) is 20.9. The van der Waals surface area contributed by atoms with Crippen molar-refractivity contribution in [3.05, 3.63) is 53.1 Å². The first-order chi connectivity index (χ1) is 14.6. The summed E-state index contributed by atoms with van der Waals surface area (Å²) in [6.45, 7) is 1.20. The number of hydrogen-bond donors (Lipinski definition) is 1. The van der Waals surface area contributed by atoms with Gasteiger partial charge in [-0.15, -0.1) is 11.3 Å². The molecule has 4 rings (SSSR count). The van der Waals surface area contributed by atoms with Crippen LogP contribution in [-0.4, -0.2) is 44.6 Å². The molecule has 7 nitrogen and oxygen atoms in total. The molecule has 8 heteroatoms. The number of carbonyl (C=O) groups excluding carboxylic acids is 2. The molecule has 0 radical (unpaired) electrons. The van der Waals surface area contributed by atoms with Gasteiger partial charge in [-0.05, 0) is 37.0 Å². The van der Waals surface area contributed by atoms with Crippen molar-refractivity contribution in [3.63, 3.8) is 0 Å². The summed E-state index contributed by atoms with van der Waals surface area (Å²) in [4.78, 5) is 31.5. The number of carbonyl (C=O) groups is 2. The number of nitrogens with zero attached hydrogens (tertiary/aromatic N) is 4. The van der Waals surface area contributed by atoms with Crippen LogP contribution in [0.1, 0.15) is 24.8 Å². The van der Waals surface area contributed by atoms with E-state index in [2.05, 4.69) is 15.4 Å². The Kier molecular flexibility index (Phi) is 6.23. The lowest BCUT2D eigenvalue weighted by molar-refractivity contribution is -0.134. The molecule has 0 saturated carbocycles. The highest BCUT2D eigenvalue weighted by Gasteiger charge is 2.28. The number of anilines is 1. The summed E-state index contributed by atoms with van der Waals surface area (Å²) in [5, 5.41) is 9.13. The van der Waals surface area contributed by atoms with Crippen LogP contribution in [0.25, 0.3) is 11.3 Å². The van der Waals surface area contributed by atoms with Crippen LogP contribution in [0.4, 0.5) is 5.69 Å². The van der Waals surface area contributed by atoms with Crippen LogP contribution in [0.3, 0.4) is 0 Å². The van der Waals surface area contributed by atoms with Crippen LogP contribution >= 0.6 is 11.3 Å². The summed E-state index contributed by atoms with van der Waals surface area (Å²) in [5.41, 5.74) is 5.58. The number of piperidine rings is 1. The normalized spacial score (nSPS) is 16.4. The van der Waals surface area contributed by atoms with Crippen molar-refractivity contribution in [1.82, 2.24) is 19.7 Å². The van der Waals surface area contributed by atoms with Crippen LogP contribution in [0, 0.1) is 5.92 Å². The van der Waals surface area contributed by atoms with Gasteiger partial charge in [0.1, 0.15) is 0 Å². The van der Waals surface area contributed by atoms with Crippen molar-refractivity contribution in [3.8, 4) is 11.3 Å². The van der Waals surface area contributed by atoms with Gasteiger partial charge in [0.05, 0.1) is 23.3 Å². The van der Waals surface area contributed by atoms with Crippen LogP contribution in [0.5, 0.6) is 0 Å². The van der Waals surface area contributed by atoms with E-state index in [4.69, 9.17) is 0 Å². The molecular formula is C22H25N5O2S. The van der Waals surface area contributed by atoms with Gasteiger partial charge in [-0.2, -0.15) is 5.10 Å². The molecule has 3 heterocycles. The van der Waals surface area contributed by atoms with Gasteiger partial charge in [-0.3, -0.25) is 14.3 Å². The monoisotopic (exact) mass is 423 g/mol. The summed E-state index contributed by atoms with van der Waals surface area (Å²) < 4.78 is 1.74. The van der Waals surface area contributed by atoms with E-state index in [-0.39, 0.29) is 17.7 Å². The SMILES string of the molecule is Cn1cc(CCC(=O)N2CCCC(C(=O)Nc3ccc(-c4cscn4)cc3)C2)cn1. The Morgan fingerprint density at radius 2 is 2.10 bits per heavy atom. The minimum atomic E-state index is -0.181. The molecule has 1 saturated heterocycles. The summed E-state index contributed by atoms with van der Waals surface area (Å²) in [5.74, 6) is -0.107. The van der Waals surface area contributed by atoms with Crippen molar-refractivity contribution in [2.45, 2.75) is 25.7 Å². The second-order valence-corrected chi connectivity index (χ2v) is 8.36. The molecule has 1 atom stereocenters. The fourth-order valence-electron chi connectivity index (χ4n) is 3.75. The zero-order valence-corrected chi connectivity index (χ0v) is 17.8. The van der Waals surface area contributed by atoms with E-state index in [9.17, 15) is 9.59 Å². The van der Waals surface area contributed by atoms with Gasteiger partial charge in [0.2, 0.25) is 11.8 Å². The third-order valence-electron chi connectivity index (χ3n) is 5.41. The van der Waals surface area contributed by atoms with Crippen LogP contribution < -0.4 is 5.32 Å². The maximum Gasteiger partial charge on any atom is 0.229 e. The average molecular weight is 424 g/mol. The molecule has 156 valence electrons. The van der Waals surface area contributed by atoms with Gasteiger partial charge >= 0.3 is 0 Å². The molecule has 3 aromatic rings. The number of benzene rings is 1. The molecular weight excluding hydrogens is 398 g/mol. The topological polar surface area (TPSA) is 80.1 Å². The number of amides is 2. The van der Waals surface area contributed by atoms with Crippen LogP contribution in [-0.2, 0) is 23.1 Å². The maximum absolute atomic E-state index is 12.8. The summed E-state index contributed by atoms with van der Waals surface area (Å²) in [7, 11) is 1.87. The third-order valence-corrected chi connectivity index (χ3v) is 6.00. The minimum Gasteiger partial charge on any atom is -0.342 e. The second kappa shape index (κ2) is 9.21. The van der Waals surface area contributed by atoms with Gasteiger partial charge in [-0.25, -0.2) is 4.98 Å². The molecule has 2 aromatic heterocycles. The third kappa shape index (κ3) is 4.94. The number of likely N-dealkylation sites (tertiary alicyclic amines) is 1. The van der Waals surface area contributed by atoms with E-state index in [0.29, 0.717) is 19.4 Å². The Balaban J connectivity index is 1.30. The van der Waals surface area contributed by atoms with E-state index in [1.54, 1.807) is 27.7 Å². The number of aromatic nitrogens is 3. The first-order valence-electron chi connectivity index (χ1n) is 10.1. The molecule has 1 fully saturated rings. The number of aryl methyl sites for hydroxylation is 2. The standard InChI is InChI=1S/C22H25N5O2S/c1-26-12-16(11-24-26)4-9-21(28)27-10-2-3-18(13-27)22(29)25-19-7-5-17(6-8-19)20-14-30-15-23-20/h5-8,11-12,14-15,18H,2-4,9-10,13H2,1H3,(H,25,29). The fraction of sp³-hybridized carbons (Fsp3) is 0.364. The quantitative estimate of drug-likeness (QED) is 0.659. The molecule has 1 aromatic carbocycles. The smallest absolute Gasteiger partial charge is 0.229 e. The van der Waals surface area contributed by atoms with E-state index in [0.717, 1.165) is 41.9 Å². The average Bonchev–Trinajstić information content (AvgIpc) is 3.44. The number of thiazole rings is 1. The highest BCUT2D eigenvalue weighted by Crippen LogP contribution is 2.23. The molecule has 30 heavy (non-hydrogen) atoms. The summed E-state index contributed by atoms with van der Waals surface area (Å²) in [6, 6.07) is 7.71. The van der Waals surface area contributed by atoms with Crippen molar-refractivity contribution in [2.24, 2.45) is 13.0 Å². The Hall–Kier alpha value is -3.00. The van der Waals surface area contributed by atoms with E-state index < -0.39 is 0 Å². The summed E-state index contributed by atoms with van der Waals surface area (Å²) in [6.07, 6.45) is 6.48. The van der Waals surface area contributed by atoms with Gasteiger partial charge in [0.25, 0.3) is 0 Å². The lowest BCUT2D eigenvalue weighted by atomic mass is 9.96. The molecule has 1 aliphatic rings. The Morgan fingerprint density at radius 3 is 2.80 bits per heavy atom. The number of hydrogen-bond acceptors (Lipinski definition) is 5. The van der Waals surface area contributed by atoms with Crippen molar-refractivity contribution in [2.75, 3.05) is 18.4 Å². The molecule has 2 amide bonds. The molecule has 1 N–H and O–H groups in total. The highest BCUT2D eigenvalue weighted by atomic mass is 32.1. The predicted octanol–water partition coefficient (Wildman–Crippen LogP) is 3.35. The zero-order valence-electron chi connectivity index (χ0n) is 17.0. The van der Waals surface area contributed by atoms with Crippen LogP contribution in [0.2, 0.25) is 0 Å². The number of nitrogens with one attached hydrogen (secondary N) is 1. The predicted molar refractivity (Wildman–Crippen MR) is 117 cm³/mol. The Bertz CT molecular complexity index is 997. The molecule has 1 aliphatic heterocycles. The van der Waals surface area contributed by atoms with E-state index in [1.807, 2.05) is 47.8 Å². The molecule has 0 aliphatic carbocycles. The van der Waals surface area contributed by atoms with Crippen molar-refractivity contribution in [1.29, 1.82) is 0 Å². The van der Waals surface area contributed by atoms with E-state index >= 15 is 0 Å². The largest absolute Gasteiger partial charge is 0.342 e. The molecule has 0 bridgehead atoms. The van der Waals surface area contributed by atoms with Gasteiger partial charge in [0.15, 0.2) is 0 Å². The highest BCUT2D eigenvalue weighted by molar-refractivity contribution is 7.07. The first-order valence-corrected chi connectivity index (χ1v) is 11.1.